The molecule has 1 aliphatic heterocycles. The van der Waals surface area contributed by atoms with Crippen molar-refractivity contribution in [1.82, 2.24) is 20.9 Å². The van der Waals surface area contributed by atoms with E-state index in [1.165, 1.54) is 10.5 Å². The molecule has 0 aromatic heterocycles. The summed E-state index contributed by atoms with van der Waals surface area (Å²) in [5.74, 6) is -1.51. The number of carbonyl (C=O) groups excluding carboxylic acids is 5. The second-order valence-electron chi connectivity index (χ2n) is 12.6. The fourth-order valence-electron chi connectivity index (χ4n) is 4.48. The molecule has 2 aromatic rings. The minimum Gasteiger partial charge on any atom is -0.444 e. The first kappa shape index (κ1) is 33.9. The Bertz CT molecular complexity index is 1320. The van der Waals surface area contributed by atoms with Gasteiger partial charge in [0.2, 0.25) is 17.7 Å². The number of nitrogens with zero attached hydrogens (tertiary/aromatic N) is 1. The van der Waals surface area contributed by atoms with Crippen molar-refractivity contribution >= 4 is 35.6 Å². The van der Waals surface area contributed by atoms with Gasteiger partial charge >= 0.3 is 12.2 Å². The van der Waals surface area contributed by atoms with Gasteiger partial charge in [-0.05, 0) is 77.6 Å². The van der Waals surface area contributed by atoms with Crippen LogP contribution in [0.4, 0.5) is 15.3 Å². The predicted molar refractivity (Wildman–Crippen MR) is 165 cm³/mol. The van der Waals surface area contributed by atoms with E-state index < -0.39 is 53.2 Å². The molecular formula is C32H43N5O7. The average molecular weight is 610 g/mol. The van der Waals surface area contributed by atoms with E-state index in [2.05, 4.69) is 21.3 Å². The molecule has 0 bridgehead atoms. The SMILES string of the molecule is CC(C)(C)OC(=O)NCC(=O)NC1C[C@@H](C(=O)NCC(=O)Nc2ccc(Cc3ccccc3)cc2)N(C(=O)OC(C)(C)C)C1. The standard InChI is InChI=1S/C32H43N5O7/c1-31(2,3)43-29(41)34-19-27(39)36-24-17-25(37(20-24)30(42)44-32(4,5)6)28(40)33-18-26(38)35-23-14-12-22(13-15-23)16-21-10-8-7-9-11-21/h7-15,24-25H,16-20H2,1-6H3,(H,33,40)(H,34,41)(H,35,38)(H,36,39)/t24?,25-/m0/s1. The van der Waals surface area contributed by atoms with Crippen LogP contribution < -0.4 is 21.3 Å². The van der Waals surface area contributed by atoms with Gasteiger partial charge in [0.25, 0.3) is 0 Å². The first-order valence-electron chi connectivity index (χ1n) is 14.5. The van der Waals surface area contributed by atoms with E-state index in [1.807, 2.05) is 42.5 Å². The minimum absolute atomic E-state index is 0.00665. The third-order valence-corrected chi connectivity index (χ3v) is 6.30. The Labute approximate surface area is 258 Å². The predicted octanol–water partition coefficient (Wildman–Crippen LogP) is 3.35. The van der Waals surface area contributed by atoms with Gasteiger partial charge in [0.1, 0.15) is 23.8 Å². The van der Waals surface area contributed by atoms with Crippen molar-refractivity contribution < 1.29 is 33.4 Å². The summed E-state index contributed by atoms with van der Waals surface area (Å²) in [6.45, 7) is 9.57. The van der Waals surface area contributed by atoms with E-state index in [0.717, 1.165) is 12.0 Å². The summed E-state index contributed by atoms with van der Waals surface area (Å²) in [6, 6.07) is 15.9. The van der Waals surface area contributed by atoms with Crippen LogP contribution in [0.2, 0.25) is 0 Å². The number of benzene rings is 2. The molecule has 238 valence electrons. The van der Waals surface area contributed by atoms with Gasteiger partial charge in [0, 0.05) is 18.3 Å². The lowest BCUT2D eigenvalue weighted by Crippen LogP contribution is -2.49. The molecule has 0 saturated carbocycles. The molecule has 12 nitrogen and oxygen atoms in total. The molecule has 1 unspecified atom stereocenters. The Morgan fingerprint density at radius 1 is 0.773 bits per heavy atom. The molecule has 1 aliphatic rings. The summed E-state index contributed by atoms with van der Waals surface area (Å²) in [5, 5.41) is 10.4. The number of amides is 5. The molecule has 0 radical (unpaired) electrons. The topological polar surface area (TPSA) is 155 Å². The normalized spacial score (nSPS) is 16.5. The van der Waals surface area contributed by atoms with Crippen molar-refractivity contribution in [2.75, 3.05) is 25.0 Å². The van der Waals surface area contributed by atoms with Crippen molar-refractivity contribution in [3.05, 3.63) is 65.7 Å². The maximum atomic E-state index is 13.2. The van der Waals surface area contributed by atoms with Crippen LogP contribution in [0.25, 0.3) is 0 Å². The second-order valence-corrected chi connectivity index (χ2v) is 12.6. The van der Waals surface area contributed by atoms with Crippen LogP contribution in [0.5, 0.6) is 0 Å². The molecule has 2 atom stereocenters. The van der Waals surface area contributed by atoms with Crippen molar-refractivity contribution in [2.45, 2.75) is 77.7 Å². The molecule has 2 aromatic carbocycles. The molecule has 3 rings (SSSR count). The summed E-state index contributed by atoms with van der Waals surface area (Å²) in [7, 11) is 0. The quantitative estimate of drug-likeness (QED) is 0.340. The number of hydrogen-bond acceptors (Lipinski definition) is 7. The zero-order valence-electron chi connectivity index (χ0n) is 26.2. The largest absolute Gasteiger partial charge is 0.444 e. The van der Waals surface area contributed by atoms with Gasteiger partial charge in [0.15, 0.2) is 0 Å². The average Bonchev–Trinajstić information content (AvgIpc) is 3.34. The number of rotatable bonds is 9. The number of anilines is 1. The van der Waals surface area contributed by atoms with Gasteiger partial charge < -0.3 is 30.7 Å². The van der Waals surface area contributed by atoms with E-state index in [4.69, 9.17) is 9.47 Å². The Balaban J connectivity index is 1.54. The van der Waals surface area contributed by atoms with E-state index in [9.17, 15) is 24.0 Å². The Morgan fingerprint density at radius 3 is 1.98 bits per heavy atom. The number of hydrogen-bond donors (Lipinski definition) is 4. The molecular weight excluding hydrogens is 566 g/mol. The highest BCUT2D eigenvalue weighted by Crippen LogP contribution is 2.22. The van der Waals surface area contributed by atoms with Crippen molar-refractivity contribution in [2.24, 2.45) is 0 Å². The summed E-state index contributed by atoms with van der Waals surface area (Å²) in [6.07, 6.45) is -0.606. The van der Waals surface area contributed by atoms with Crippen LogP contribution in [-0.2, 0) is 30.3 Å². The molecule has 0 aliphatic carbocycles. The highest BCUT2D eigenvalue weighted by Gasteiger charge is 2.42. The second kappa shape index (κ2) is 14.7. The van der Waals surface area contributed by atoms with Crippen LogP contribution in [0.1, 0.15) is 59.1 Å². The lowest BCUT2D eigenvalue weighted by Gasteiger charge is -2.27. The summed E-state index contributed by atoms with van der Waals surface area (Å²) < 4.78 is 10.6. The molecule has 44 heavy (non-hydrogen) atoms. The Hall–Kier alpha value is -4.61. The summed E-state index contributed by atoms with van der Waals surface area (Å²) in [5.41, 5.74) is 1.32. The smallest absolute Gasteiger partial charge is 0.411 e. The Morgan fingerprint density at radius 2 is 1.36 bits per heavy atom. The molecule has 1 fully saturated rings. The molecule has 5 amide bonds. The van der Waals surface area contributed by atoms with Crippen LogP contribution in [0.3, 0.4) is 0 Å². The van der Waals surface area contributed by atoms with Crippen molar-refractivity contribution in [3.8, 4) is 0 Å². The lowest BCUT2D eigenvalue weighted by molar-refractivity contribution is -0.127. The fourth-order valence-corrected chi connectivity index (χ4v) is 4.48. The zero-order valence-corrected chi connectivity index (χ0v) is 26.2. The van der Waals surface area contributed by atoms with Crippen LogP contribution >= 0.6 is 0 Å². The molecule has 12 heteroatoms. The van der Waals surface area contributed by atoms with Gasteiger partial charge in [0.05, 0.1) is 6.54 Å². The third-order valence-electron chi connectivity index (χ3n) is 6.30. The van der Waals surface area contributed by atoms with Crippen LogP contribution in [0.15, 0.2) is 54.6 Å². The van der Waals surface area contributed by atoms with Gasteiger partial charge in [-0.1, -0.05) is 42.5 Å². The van der Waals surface area contributed by atoms with E-state index in [1.54, 1.807) is 53.7 Å². The maximum Gasteiger partial charge on any atom is 0.411 e. The Kier molecular flexibility index (Phi) is 11.3. The highest BCUT2D eigenvalue weighted by molar-refractivity contribution is 5.96. The monoisotopic (exact) mass is 609 g/mol. The maximum absolute atomic E-state index is 13.2. The highest BCUT2D eigenvalue weighted by atomic mass is 16.6. The number of likely N-dealkylation sites (tertiary alicyclic amines) is 1. The third kappa shape index (κ3) is 11.6. The van der Waals surface area contributed by atoms with Gasteiger partial charge in [-0.25, -0.2) is 9.59 Å². The first-order valence-corrected chi connectivity index (χ1v) is 14.5. The summed E-state index contributed by atoms with van der Waals surface area (Å²) >= 11 is 0. The van der Waals surface area contributed by atoms with Crippen molar-refractivity contribution in [1.29, 1.82) is 0 Å². The van der Waals surface area contributed by atoms with Crippen molar-refractivity contribution in [3.63, 3.8) is 0 Å². The number of nitrogens with one attached hydrogen (secondary N) is 4. The fraction of sp³-hybridized carbons (Fsp3) is 0.469. The first-order chi connectivity index (χ1) is 20.6. The molecule has 1 heterocycles. The lowest BCUT2D eigenvalue weighted by atomic mass is 10.0. The summed E-state index contributed by atoms with van der Waals surface area (Å²) in [4.78, 5) is 64.3. The van der Waals surface area contributed by atoms with E-state index >= 15 is 0 Å². The zero-order chi connectivity index (χ0) is 32.5. The van der Waals surface area contributed by atoms with E-state index in [-0.39, 0.29) is 26.1 Å². The van der Waals surface area contributed by atoms with Gasteiger partial charge in [-0.3, -0.25) is 19.3 Å². The van der Waals surface area contributed by atoms with Gasteiger partial charge in [-0.2, -0.15) is 0 Å². The van der Waals surface area contributed by atoms with E-state index in [0.29, 0.717) is 5.69 Å². The van der Waals surface area contributed by atoms with Crippen LogP contribution in [0, 0.1) is 0 Å². The van der Waals surface area contributed by atoms with Gasteiger partial charge in [-0.15, -0.1) is 0 Å². The number of ether oxygens (including phenoxy) is 2. The molecule has 1 saturated heterocycles. The van der Waals surface area contributed by atoms with Crippen LogP contribution in [-0.4, -0.2) is 77.7 Å². The molecule has 0 spiro atoms. The molecule has 4 N–H and O–H groups in total. The number of alkyl carbamates (subject to hydrolysis) is 1. The number of carbonyl (C=O) groups is 5. The minimum atomic E-state index is -0.987.